The van der Waals surface area contributed by atoms with Gasteiger partial charge in [0.15, 0.2) is 11.5 Å². The van der Waals surface area contributed by atoms with E-state index in [1.165, 1.54) is 0 Å². The monoisotopic (exact) mass is 339 g/mol. The molecule has 4 rings (SSSR count). The fourth-order valence-corrected chi connectivity index (χ4v) is 3.01. The lowest BCUT2D eigenvalue weighted by Crippen LogP contribution is -2.28. The van der Waals surface area contributed by atoms with Crippen molar-refractivity contribution >= 4 is 23.2 Å². The predicted molar refractivity (Wildman–Crippen MR) is 90.8 cm³/mol. The number of benzene rings is 1. The van der Waals surface area contributed by atoms with Crippen LogP contribution in [-0.2, 0) is 9.59 Å². The molecule has 0 aliphatic carbocycles. The summed E-state index contributed by atoms with van der Waals surface area (Å²) in [6.07, 6.45) is 3.46. The molecule has 1 fully saturated rings. The van der Waals surface area contributed by atoms with Crippen molar-refractivity contribution < 1.29 is 19.1 Å². The first-order valence-corrected chi connectivity index (χ1v) is 8.11. The van der Waals surface area contributed by atoms with Gasteiger partial charge in [-0.05, 0) is 24.3 Å². The van der Waals surface area contributed by atoms with Crippen molar-refractivity contribution in [2.24, 2.45) is 5.92 Å². The molecule has 0 bridgehead atoms. The highest BCUT2D eigenvalue weighted by Gasteiger charge is 2.35. The SMILES string of the molecule is O=C(Nc1ccc2c(c1)OCCO2)C1CC(=O)N(c2cccnc2)C1. The number of rotatable bonds is 3. The fourth-order valence-electron chi connectivity index (χ4n) is 3.01. The number of hydrogen-bond donors (Lipinski definition) is 1. The Bertz CT molecular complexity index is 809. The summed E-state index contributed by atoms with van der Waals surface area (Å²) in [5.74, 6) is 0.624. The van der Waals surface area contributed by atoms with Gasteiger partial charge in [0.2, 0.25) is 11.8 Å². The van der Waals surface area contributed by atoms with Crippen molar-refractivity contribution in [2.45, 2.75) is 6.42 Å². The van der Waals surface area contributed by atoms with Gasteiger partial charge in [0.1, 0.15) is 13.2 Å². The van der Waals surface area contributed by atoms with Gasteiger partial charge in [0.25, 0.3) is 0 Å². The van der Waals surface area contributed by atoms with Crippen molar-refractivity contribution in [3.05, 3.63) is 42.7 Å². The minimum atomic E-state index is -0.402. The summed E-state index contributed by atoms with van der Waals surface area (Å²) in [5, 5.41) is 2.86. The molecule has 3 heterocycles. The molecular weight excluding hydrogens is 322 g/mol. The molecule has 128 valence electrons. The third kappa shape index (κ3) is 3.13. The third-order valence-corrected chi connectivity index (χ3v) is 4.26. The Morgan fingerprint density at radius 2 is 2.04 bits per heavy atom. The predicted octanol–water partition coefficient (Wildman–Crippen LogP) is 1.84. The van der Waals surface area contributed by atoms with E-state index in [-0.39, 0.29) is 18.2 Å². The maximum absolute atomic E-state index is 12.5. The number of hydrogen-bond acceptors (Lipinski definition) is 5. The summed E-state index contributed by atoms with van der Waals surface area (Å²) >= 11 is 0. The minimum absolute atomic E-state index is 0.0738. The molecule has 0 radical (unpaired) electrons. The standard InChI is InChI=1S/C18H17N3O4/c22-17-8-12(11-21(17)14-2-1-5-19-10-14)18(23)20-13-3-4-15-16(9-13)25-7-6-24-15/h1-5,9-10,12H,6-8,11H2,(H,20,23). The zero-order chi connectivity index (χ0) is 17.2. The summed E-state index contributed by atoms with van der Waals surface area (Å²) in [5.41, 5.74) is 1.34. The van der Waals surface area contributed by atoms with Gasteiger partial charge in [0, 0.05) is 30.9 Å². The Hall–Kier alpha value is -3.09. The van der Waals surface area contributed by atoms with Gasteiger partial charge >= 0.3 is 0 Å². The lowest BCUT2D eigenvalue weighted by atomic mass is 10.1. The molecule has 2 amide bonds. The average Bonchev–Trinajstić information content (AvgIpc) is 3.04. The second-order valence-corrected chi connectivity index (χ2v) is 5.96. The molecule has 1 saturated heterocycles. The van der Waals surface area contributed by atoms with Crippen LogP contribution in [0.2, 0.25) is 0 Å². The number of nitrogens with one attached hydrogen (secondary N) is 1. The van der Waals surface area contributed by atoms with Crippen molar-refractivity contribution in [3.63, 3.8) is 0 Å². The maximum Gasteiger partial charge on any atom is 0.229 e. The van der Waals surface area contributed by atoms with Crippen LogP contribution in [-0.4, -0.2) is 36.6 Å². The number of amides is 2. The van der Waals surface area contributed by atoms with E-state index >= 15 is 0 Å². The van der Waals surface area contributed by atoms with Gasteiger partial charge in [-0.3, -0.25) is 14.6 Å². The molecule has 7 heteroatoms. The van der Waals surface area contributed by atoms with E-state index in [9.17, 15) is 9.59 Å². The van der Waals surface area contributed by atoms with Crippen molar-refractivity contribution in [3.8, 4) is 11.5 Å². The van der Waals surface area contributed by atoms with Crippen LogP contribution < -0.4 is 19.7 Å². The Balaban J connectivity index is 1.44. The van der Waals surface area contributed by atoms with E-state index in [0.717, 1.165) is 0 Å². The van der Waals surface area contributed by atoms with E-state index in [2.05, 4.69) is 10.3 Å². The van der Waals surface area contributed by atoms with Gasteiger partial charge in [-0.2, -0.15) is 0 Å². The van der Waals surface area contributed by atoms with E-state index < -0.39 is 5.92 Å². The molecule has 2 aromatic rings. The van der Waals surface area contributed by atoms with Crippen LogP contribution in [0, 0.1) is 5.92 Å². The summed E-state index contributed by atoms with van der Waals surface area (Å²) in [4.78, 5) is 30.4. The molecule has 1 aromatic carbocycles. The van der Waals surface area contributed by atoms with Crippen molar-refractivity contribution in [1.29, 1.82) is 0 Å². The molecule has 1 atom stereocenters. The maximum atomic E-state index is 12.5. The normalized spacial score (nSPS) is 19.0. The van der Waals surface area contributed by atoms with Gasteiger partial charge in [0.05, 0.1) is 17.8 Å². The van der Waals surface area contributed by atoms with Crippen LogP contribution in [0.3, 0.4) is 0 Å². The molecule has 1 aromatic heterocycles. The van der Waals surface area contributed by atoms with Crippen molar-refractivity contribution in [1.82, 2.24) is 4.98 Å². The first kappa shape index (κ1) is 15.4. The van der Waals surface area contributed by atoms with Gasteiger partial charge in [-0.15, -0.1) is 0 Å². The topological polar surface area (TPSA) is 80.8 Å². The van der Waals surface area contributed by atoms with Gasteiger partial charge in [-0.1, -0.05) is 0 Å². The smallest absolute Gasteiger partial charge is 0.229 e. The third-order valence-electron chi connectivity index (χ3n) is 4.26. The van der Waals surface area contributed by atoms with Gasteiger partial charge in [-0.25, -0.2) is 0 Å². The summed E-state index contributed by atoms with van der Waals surface area (Å²) in [6.45, 7) is 1.36. The number of pyridine rings is 1. The zero-order valence-corrected chi connectivity index (χ0v) is 13.5. The van der Waals surface area contributed by atoms with Crippen LogP contribution >= 0.6 is 0 Å². The number of ether oxygens (including phenoxy) is 2. The summed E-state index contributed by atoms with van der Waals surface area (Å²) < 4.78 is 11.0. The first-order valence-electron chi connectivity index (χ1n) is 8.11. The molecule has 1 unspecified atom stereocenters. The first-order chi connectivity index (χ1) is 12.2. The second-order valence-electron chi connectivity index (χ2n) is 5.96. The number of nitrogens with zero attached hydrogens (tertiary/aromatic N) is 2. The van der Waals surface area contributed by atoms with Crippen molar-refractivity contribution in [2.75, 3.05) is 30.0 Å². The molecule has 7 nitrogen and oxygen atoms in total. The molecule has 2 aliphatic heterocycles. The number of fused-ring (bicyclic) bond motifs is 1. The minimum Gasteiger partial charge on any atom is -0.486 e. The molecule has 25 heavy (non-hydrogen) atoms. The number of carbonyl (C=O) groups is 2. The molecule has 2 aliphatic rings. The van der Waals surface area contributed by atoms with Crippen LogP contribution in [0.1, 0.15) is 6.42 Å². The van der Waals surface area contributed by atoms with E-state index in [1.807, 2.05) is 6.07 Å². The van der Waals surface area contributed by atoms with E-state index in [4.69, 9.17) is 9.47 Å². The summed E-state index contributed by atoms with van der Waals surface area (Å²) in [6, 6.07) is 8.85. The molecule has 0 spiro atoms. The second kappa shape index (κ2) is 6.43. The Morgan fingerprint density at radius 3 is 2.84 bits per heavy atom. The largest absolute Gasteiger partial charge is 0.486 e. The lowest BCUT2D eigenvalue weighted by Gasteiger charge is -2.19. The summed E-state index contributed by atoms with van der Waals surface area (Å²) in [7, 11) is 0. The molecule has 0 saturated carbocycles. The lowest BCUT2D eigenvalue weighted by molar-refractivity contribution is -0.122. The number of anilines is 2. The zero-order valence-electron chi connectivity index (χ0n) is 13.5. The van der Waals surface area contributed by atoms with Crippen LogP contribution in [0.4, 0.5) is 11.4 Å². The Labute approximate surface area is 144 Å². The van der Waals surface area contributed by atoms with Crippen LogP contribution in [0.25, 0.3) is 0 Å². The van der Waals surface area contributed by atoms with Gasteiger partial charge < -0.3 is 19.7 Å². The van der Waals surface area contributed by atoms with Crippen LogP contribution in [0.5, 0.6) is 11.5 Å². The fraction of sp³-hybridized carbons (Fsp3) is 0.278. The van der Waals surface area contributed by atoms with E-state index in [1.54, 1.807) is 41.6 Å². The highest BCUT2D eigenvalue weighted by molar-refractivity contribution is 6.03. The average molecular weight is 339 g/mol. The Kier molecular flexibility index (Phi) is 3.97. The highest BCUT2D eigenvalue weighted by Crippen LogP contribution is 2.33. The quantitative estimate of drug-likeness (QED) is 0.923. The number of aromatic nitrogens is 1. The highest BCUT2D eigenvalue weighted by atomic mass is 16.6. The van der Waals surface area contributed by atoms with E-state index in [0.29, 0.717) is 42.6 Å². The number of carbonyl (C=O) groups excluding carboxylic acids is 2. The van der Waals surface area contributed by atoms with Crippen LogP contribution in [0.15, 0.2) is 42.7 Å². The molecular formula is C18H17N3O4. The Morgan fingerprint density at radius 1 is 1.20 bits per heavy atom. The molecule has 1 N–H and O–H groups in total.